The van der Waals surface area contributed by atoms with Gasteiger partial charge in [0.05, 0.1) is 25.3 Å². The Labute approximate surface area is 205 Å². The van der Waals surface area contributed by atoms with Gasteiger partial charge in [0.25, 0.3) is 5.56 Å². The largest absolute Gasteiger partial charge is 0.396 e. The molecule has 0 unspecified atom stereocenters. The summed E-state index contributed by atoms with van der Waals surface area (Å²) >= 11 is 0. The minimum Gasteiger partial charge on any atom is -0.396 e. The molecule has 3 aliphatic heterocycles. The molecular formula is C28H33N3O4. The molecule has 6 rings (SSSR count). The van der Waals surface area contributed by atoms with E-state index >= 15 is 0 Å². The molecule has 0 bridgehead atoms. The van der Waals surface area contributed by atoms with Crippen molar-refractivity contribution in [3.05, 3.63) is 69.6 Å². The monoisotopic (exact) mass is 475 g/mol. The third kappa shape index (κ3) is 4.15. The Morgan fingerprint density at radius 1 is 1.06 bits per heavy atom. The zero-order valence-corrected chi connectivity index (χ0v) is 20.0. The number of pyridine rings is 1. The second-order valence-electron chi connectivity index (χ2n) is 10.4. The van der Waals surface area contributed by atoms with E-state index in [0.717, 1.165) is 17.8 Å². The number of ether oxygens (including phenoxy) is 1. The van der Waals surface area contributed by atoms with Crippen molar-refractivity contribution in [2.24, 2.45) is 17.8 Å². The third-order valence-electron chi connectivity index (χ3n) is 8.22. The maximum atomic E-state index is 13.7. The quantitative estimate of drug-likeness (QED) is 0.694. The summed E-state index contributed by atoms with van der Waals surface area (Å²) in [4.78, 5) is 31.4. The molecule has 35 heavy (non-hydrogen) atoms. The number of aliphatic hydroxyl groups is 1. The summed E-state index contributed by atoms with van der Waals surface area (Å²) in [5.41, 5.74) is 2.69. The van der Waals surface area contributed by atoms with Crippen LogP contribution in [0.15, 0.2) is 47.3 Å². The molecule has 184 valence electrons. The van der Waals surface area contributed by atoms with E-state index in [-0.39, 0.29) is 42.0 Å². The lowest BCUT2D eigenvalue weighted by atomic mass is 9.88. The fraction of sp³-hybridized carbons (Fsp3) is 0.500. The van der Waals surface area contributed by atoms with Crippen LogP contribution in [0.25, 0.3) is 12.2 Å². The van der Waals surface area contributed by atoms with Gasteiger partial charge in [-0.15, -0.1) is 0 Å². The number of carbonyl (C=O) groups excluding carboxylic acids is 1. The van der Waals surface area contributed by atoms with Crippen LogP contribution in [-0.4, -0.2) is 70.9 Å². The molecule has 1 amide bonds. The Bertz CT molecular complexity index is 1170. The molecule has 7 heteroatoms. The van der Waals surface area contributed by atoms with Gasteiger partial charge >= 0.3 is 0 Å². The Kier molecular flexibility index (Phi) is 6.08. The first-order valence-corrected chi connectivity index (χ1v) is 12.9. The highest BCUT2D eigenvalue weighted by Crippen LogP contribution is 2.51. The molecule has 1 N–H and O–H groups in total. The summed E-state index contributed by atoms with van der Waals surface area (Å²) in [7, 11) is 0. The van der Waals surface area contributed by atoms with Gasteiger partial charge in [0.2, 0.25) is 5.91 Å². The van der Waals surface area contributed by atoms with Crippen molar-refractivity contribution in [1.82, 2.24) is 14.4 Å². The molecule has 2 aromatic rings. The number of rotatable bonds is 6. The third-order valence-corrected chi connectivity index (χ3v) is 8.22. The number of aliphatic hydroxyl groups excluding tert-OH is 1. The number of benzene rings is 1. The van der Waals surface area contributed by atoms with Crippen LogP contribution in [0.2, 0.25) is 0 Å². The van der Waals surface area contributed by atoms with E-state index in [2.05, 4.69) is 11.0 Å². The summed E-state index contributed by atoms with van der Waals surface area (Å²) in [5, 5.41) is 10.5. The van der Waals surface area contributed by atoms with Crippen LogP contribution in [0.4, 0.5) is 0 Å². The standard InChI is InChI=1S/C28H33N3O4/c32-18-23-22-17-30-24(11-10-21(27(30)33)9-8-19-4-2-1-3-5-19)25(22)31(16-20-6-7-20)26(23)28(34)29-12-14-35-15-13-29/h1-5,8-11,20,22-23,25-26,32H,6-7,12-18H2/b9-8+/t22-,23-,25+,26-/m1/s1. The number of likely N-dealkylation sites (tertiary alicyclic amines) is 1. The van der Waals surface area contributed by atoms with Crippen molar-refractivity contribution in [2.45, 2.75) is 31.5 Å². The average molecular weight is 476 g/mol. The summed E-state index contributed by atoms with van der Waals surface area (Å²) in [5.74, 6) is 0.576. The number of aromatic nitrogens is 1. The van der Waals surface area contributed by atoms with E-state index in [1.807, 2.05) is 58.0 Å². The maximum Gasteiger partial charge on any atom is 0.258 e. The molecule has 1 aromatic carbocycles. The van der Waals surface area contributed by atoms with Gasteiger partial charge in [-0.2, -0.15) is 0 Å². The minimum absolute atomic E-state index is 0.00296. The average Bonchev–Trinajstić information content (AvgIpc) is 3.56. The molecule has 1 aromatic heterocycles. The van der Waals surface area contributed by atoms with E-state index in [1.54, 1.807) is 0 Å². The fourth-order valence-corrected chi connectivity index (χ4v) is 6.26. The van der Waals surface area contributed by atoms with Gasteiger partial charge in [-0.1, -0.05) is 36.4 Å². The fourth-order valence-electron chi connectivity index (χ4n) is 6.26. The molecule has 0 radical (unpaired) electrons. The Balaban J connectivity index is 1.33. The molecule has 4 heterocycles. The normalized spacial score (nSPS) is 28.4. The van der Waals surface area contributed by atoms with Crippen LogP contribution in [-0.2, 0) is 16.1 Å². The number of carbonyl (C=O) groups is 1. The smallest absolute Gasteiger partial charge is 0.258 e. The first kappa shape index (κ1) is 22.7. The van der Waals surface area contributed by atoms with Gasteiger partial charge in [0, 0.05) is 55.9 Å². The number of hydrogen-bond donors (Lipinski definition) is 1. The maximum absolute atomic E-state index is 13.7. The number of hydrogen-bond acceptors (Lipinski definition) is 5. The Morgan fingerprint density at radius 2 is 1.83 bits per heavy atom. The van der Waals surface area contributed by atoms with Crippen LogP contribution in [0.5, 0.6) is 0 Å². The summed E-state index contributed by atoms with van der Waals surface area (Å²) in [6, 6.07) is 13.6. The zero-order chi connectivity index (χ0) is 23.9. The lowest BCUT2D eigenvalue weighted by Crippen LogP contribution is -2.53. The van der Waals surface area contributed by atoms with Gasteiger partial charge < -0.3 is 19.3 Å². The Hall–Kier alpha value is -2.74. The van der Waals surface area contributed by atoms with E-state index in [9.17, 15) is 14.7 Å². The van der Waals surface area contributed by atoms with E-state index in [4.69, 9.17) is 4.74 Å². The Morgan fingerprint density at radius 3 is 2.54 bits per heavy atom. The molecule has 0 spiro atoms. The zero-order valence-electron chi connectivity index (χ0n) is 20.0. The molecule has 4 atom stereocenters. The molecule has 2 saturated heterocycles. The number of fused-ring (bicyclic) bond motifs is 3. The van der Waals surface area contributed by atoms with Crippen LogP contribution in [0, 0.1) is 17.8 Å². The van der Waals surface area contributed by atoms with Crippen LogP contribution in [0.3, 0.4) is 0 Å². The van der Waals surface area contributed by atoms with E-state index in [0.29, 0.717) is 44.3 Å². The van der Waals surface area contributed by atoms with Gasteiger partial charge in [0.15, 0.2) is 0 Å². The van der Waals surface area contributed by atoms with Crippen molar-refractivity contribution in [3.8, 4) is 0 Å². The molecule has 1 saturated carbocycles. The van der Waals surface area contributed by atoms with Crippen LogP contribution < -0.4 is 5.56 Å². The molecule has 4 aliphatic rings. The van der Waals surface area contributed by atoms with Gasteiger partial charge in [0.1, 0.15) is 0 Å². The molecule has 1 aliphatic carbocycles. The predicted octanol–water partition coefficient (Wildman–Crippen LogP) is 2.25. The SMILES string of the molecule is O=C([C@H]1[C@H](CO)[C@H]2Cn3c(ccc(/C=C/c4ccccc4)c3=O)[C@H]2N1CC1CC1)N1CCOCC1. The number of amides is 1. The van der Waals surface area contributed by atoms with Gasteiger partial charge in [-0.25, -0.2) is 0 Å². The summed E-state index contributed by atoms with van der Waals surface area (Å²) in [6.45, 7) is 3.69. The highest BCUT2D eigenvalue weighted by molar-refractivity contribution is 5.83. The summed E-state index contributed by atoms with van der Waals surface area (Å²) < 4.78 is 7.35. The molecule has 7 nitrogen and oxygen atoms in total. The van der Waals surface area contributed by atoms with E-state index < -0.39 is 0 Å². The first-order chi connectivity index (χ1) is 17.2. The van der Waals surface area contributed by atoms with Gasteiger partial charge in [-0.05, 0) is 42.5 Å². The summed E-state index contributed by atoms with van der Waals surface area (Å²) in [6.07, 6.45) is 6.22. The van der Waals surface area contributed by atoms with Crippen molar-refractivity contribution in [1.29, 1.82) is 0 Å². The number of nitrogens with zero attached hydrogens (tertiary/aromatic N) is 3. The first-order valence-electron chi connectivity index (χ1n) is 12.9. The van der Waals surface area contributed by atoms with Gasteiger partial charge in [-0.3, -0.25) is 14.5 Å². The molecule has 3 fully saturated rings. The highest BCUT2D eigenvalue weighted by Gasteiger charge is 2.56. The number of morpholine rings is 1. The van der Waals surface area contributed by atoms with Crippen LogP contribution in [0.1, 0.15) is 35.7 Å². The topological polar surface area (TPSA) is 75.0 Å². The van der Waals surface area contributed by atoms with Crippen molar-refractivity contribution in [2.75, 3.05) is 39.5 Å². The second-order valence-corrected chi connectivity index (χ2v) is 10.4. The predicted molar refractivity (Wildman–Crippen MR) is 133 cm³/mol. The van der Waals surface area contributed by atoms with Crippen molar-refractivity contribution >= 4 is 18.1 Å². The lowest BCUT2D eigenvalue weighted by Gasteiger charge is -2.36. The second kappa shape index (κ2) is 9.37. The van der Waals surface area contributed by atoms with Crippen LogP contribution >= 0.6 is 0 Å². The minimum atomic E-state index is -0.338. The lowest BCUT2D eigenvalue weighted by molar-refractivity contribution is -0.142. The highest BCUT2D eigenvalue weighted by atomic mass is 16.5. The molecular weight excluding hydrogens is 442 g/mol. The van der Waals surface area contributed by atoms with Crippen molar-refractivity contribution < 1.29 is 14.6 Å². The van der Waals surface area contributed by atoms with Crippen molar-refractivity contribution in [3.63, 3.8) is 0 Å². The van der Waals surface area contributed by atoms with E-state index in [1.165, 1.54) is 12.8 Å².